The monoisotopic (exact) mass is 319 g/mol. The van der Waals surface area contributed by atoms with Crippen molar-refractivity contribution >= 4 is 17.5 Å². The standard InChI is InChI=1S/C17H25N3O3/c1-20(10-9-15-4-2-3-11-23-15)12-16(21)19-14-7-5-13(6-8-14)17(18)22/h5-8,15H,2-4,9-12H2,1H3,(H2,18,22)(H,19,21)/t15-/m1/s1. The largest absolute Gasteiger partial charge is 0.378 e. The van der Waals surface area contributed by atoms with Crippen LogP contribution in [0.15, 0.2) is 24.3 Å². The molecule has 0 bridgehead atoms. The lowest BCUT2D eigenvalue weighted by atomic mass is 10.1. The molecule has 126 valence electrons. The Morgan fingerprint density at radius 2 is 2.04 bits per heavy atom. The molecule has 1 aromatic rings. The van der Waals surface area contributed by atoms with Crippen LogP contribution in [0, 0.1) is 0 Å². The summed E-state index contributed by atoms with van der Waals surface area (Å²) in [6, 6.07) is 6.55. The van der Waals surface area contributed by atoms with E-state index >= 15 is 0 Å². The summed E-state index contributed by atoms with van der Waals surface area (Å²) in [4.78, 5) is 25.0. The quantitative estimate of drug-likeness (QED) is 0.800. The van der Waals surface area contributed by atoms with Crippen molar-refractivity contribution in [2.75, 3.05) is 32.1 Å². The van der Waals surface area contributed by atoms with Gasteiger partial charge in [-0.1, -0.05) is 0 Å². The van der Waals surface area contributed by atoms with Crippen molar-refractivity contribution in [3.63, 3.8) is 0 Å². The van der Waals surface area contributed by atoms with Gasteiger partial charge in [0.25, 0.3) is 0 Å². The van der Waals surface area contributed by atoms with E-state index in [2.05, 4.69) is 5.32 Å². The fraction of sp³-hybridized carbons (Fsp3) is 0.529. The molecule has 1 fully saturated rings. The van der Waals surface area contributed by atoms with Gasteiger partial charge in [0.2, 0.25) is 11.8 Å². The normalized spacial score (nSPS) is 17.9. The zero-order valence-corrected chi connectivity index (χ0v) is 13.6. The molecule has 0 unspecified atom stereocenters. The van der Waals surface area contributed by atoms with Gasteiger partial charge in [-0.05, 0) is 57.0 Å². The van der Waals surface area contributed by atoms with Crippen LogP contribution in [-0.2, 0) is 9.53 Å². The van der Waals surface area contributed by atoms with Crippen LogP contribution in [0.3, 0.4) is 0 Å². The van der Waals surface area contributed by atoms with Crippen molar-refractivity contribution in [1.29, 1.82) is 0 Å². The third-order valence-electron chi connectivity index (χ3n) is 3.97. The van der Waals surface area contributed by atoms with Gasteiger partial charge in [-0.2, -0.15) is 0 Å². The lowest BCUT2D eigenvalue weighted by Gasteiger charge is -2.25. The van der Waals surface area contributed by atoms with Gasteiger partial charge in [0.05, 0.1) is 12.6 Å². The van der Waals surface area contributed by atoms with Crippen LogP contribution in [0.5, 0.6) is 0 Å². The Morgan fingerprint density at radius 3 is 2.65 bits per heavy atom. The summed E-state index contributed by atoms with van der Waals surface area (Å²) >= 11 is 0. The SMILES string of the molecule is CN(CC[C@H]1CCCCO1)CC(=O)Nc1ccc(C(N)=O)cc1. The molecular formula is C17H25N3O3. The predicted octanol–water partition coefficient (Wildman–Crippen LogP) is 1.61. The molecule has 1 saturated heterocycles. The molecule has 1 aliphatic heterocycles. The minimum atomic E-state index is -0.479. The van der Waals surface area contributed by atoms with Gasteiger partial charge in [0.15, 0.2) is 0 Å². The second-order valence-corrected chi connectivity index (χ2v) is 6.00. The highest BCUT2D eigenvalue weighted by molar-refractivity contribution is 5.95. The van der Waals surface area contributed by atoms with Crippen LogP contribution in [0.1, 0.15) is 36.0 Å². The number of primary amides is 1. The molecule has 6 heteroatoms. The number of anilines is 1. The van der Waals surface area contributed by atoms with Gasteiger partial charge in [-0.3, -0.25) is 14.5 Å². The molecule has 3 N–H and O–H groups in total. The lowest BCUT2D eigenvalue weighted by molar-refractivity contribution is -0.117. The molecule has 0 spiro atoms. The highest BCUT2D eigenvalue weighted by atomic mass is 16.5. The molecule has 0 saturated carbocycles. The molecule has 1 atom stereocenters. The molecule has 0 aromatic heterocycles. The second kappa shape index (κ2) is 8.64. The number of amides is 2. The minimum Gasteiger partial charge on any atom is -0.378 e. The number of benzene rings is 1. The number of ether oxygens (including phenoxy) is 1. The molecule has 0 aliphatic carbocycles. The van der Waals surface area contributed by atoms with Crippen LogP contribution in [-0.4, -0.2) is 49.6 Å². The van der Waals surface area contributed by atoms with Gasteiger partial charge < -0.3 is 15.8 Å². The summed E-state index contributed by atoms with van der Waals surface area (Å²) in [5.74, 6) is -0.559. The van der Waals surface area contributed by atoms with Crippen LogP contribution in [0.2, 0.25) is 0 Å². The molecule has 1 aliphatic rings. The maximum absolute atomic E-state index is 12.0. The maximum Gasteiger partial charge on any atom is 0.248 e. The van der Waals surface area contributed by atoms with Gasteiger partial charge in [0.1, 0.15) is 0 Å². The van der Waals surface area contributed by atoms with Crippen molar-refractivity contribution in [3.05, 3.63) is 29.8 Å². The van der Waals surface area contributed by atoms with Gasteiger partial charge in [-0.15, -0.1) is 0 Å². The van der Waals surface area contributed by atoms with Gasteiger partial charge in [0, 0.05) is 24.4 Å². The highest BCUT2D eigenvalue weighted by Gasteiger charge is 2.15. The Balaban J connectivity index is 1.71. The summed E-state index contributed by atoms with van der Waals surface area (Å²) in [5.41, 5.74) is 6.26. The number of hydrogen-bond acceptors (Lipinski definition) is 4. The third-order valence-corrected chi connectivity index (χ3v) is 3.97. The maximum atomic E-state index is 12.0. The summed E-state index contributed by atoms with van der Waals surface area (Å²) < 4.78 is 5.69. The molecule has 1 aromatic carbocycles. The summed E-state index contributed by atoms with van der Waals surface area (Å²) in [6.07, 6.45) is 4.79. The predicted molar refractivity (Wildman–Crippen MR) is 89.3 cm³/mol. The molecule has 2 amide bonds. The van der Waals surface area contributed by atoms with Crippen LogP contribution >= 0.6 is 0 Å². The molecule has 1 heterocycles. The second-order valence-electron chi connectivity index (χ2n) is 6.00. The first kappa shape index (κ1) is 17.4. The summed E-state index contributed by atoms with van der Waals surface area (Å²) in [5, 5.41) is 2.81. The fourth-order valence-electron chi connectivity index (χ4n) is 2.64. The topological polar surface area (TPSA) is 84.7 Å². The summed E-state index contributed by atoms with van der Waals surface area (Å²) in [6.45, 7) is 2.01. The average Bonchev–Trinajstić information content (AvgIpc) is 2.54. The average molecular weight is 319 g/mol. The van der Waals surface area contributed by atoms with E-state index in [9.17, 15) is 9.59 Å². The van der Waals surface area contributed by atoms with Crippen LogP contribution < -0.4 is 11.1 Å². The molecule has 2 rings (SSSR count). The number of nitrogens with two attached hydrogens (primary N) is 1. The molecule has 0 radical (unpaired) electrons. The van der Waals surface area contributed by atoms with Crippen molar-refractivity contribution < 1.29 is 14.3 Å². The Morgan fingerprint density at radius 1 is 1.30 bits per heavy atom. The van der Waals surface area contributed by atoms with Crippen molar-refractivity contribution in [1.82, 2.24) is 4.90 Å². The number of nitrogens with one attached hydrogen (secondary N) is 1. The number of nitrogens with zero attached hydrogens (tertiary/aromatic N) is 1. The minimum absolute atomic E-state index is 0.0797. The van der Waals surface area contributed by atoms with E-state index in [0.29, 0.717) is 23.9 Å². The Hall–Kier alpha value is -1.92. The van der Waals surface area contributed by atoms with E-state index in [0.717, 1.165) is 32.4 Å². The zero-order valence-electron chi connectivity index (χ0n) is 13.6. The molecular weight excluding hydrogens is 294 g/mol. The zero-order chi connectivity index (χ0) is 16.7. The van der Waals surface area contributed by atoms with Crippen molar-refractivity contribution in [3.8, 4) is 0 Å². The van der Waals surface area contributed by atoms with Gasteiger partial charge in [-0.25, -0.2) is 0 Å². The number of rotatable bonds is 7. The molecule has 6 nitrogen and oxygen atoms in total. The van der Waals surface area contributed by atoms with E-state index < -0.39 is 5.91 Å². The first-order valence-corrected chi connectivity index (χ1v) is 8.04. The van der Waals surface area contributed by atoms with E-state index in [1.165, 1.54) is 6.42 Å². The van der Waals surface area contributed by atoms with Gasteiger partial charge >= 0.3 is 0 Å². The lowest BCUT2D eigenvalue weighted by Crippen LogP contribution is -2.33. The van der Waals surface area contributed by atoms with Crippen LogP contribution in [0.4, 0.5) is 5.69 Å². The fourth-order valence-corrected chi connectivity index (χ4v) is 2.64. The summed E-state index contributed by atoms with van der Waals surface area (Å²) in [7, 11) is 1.93. The van der Waals surface area contributed by atoms with Crippen LogP contribution in [0.25, 0.3) is 0 Å². The number of carbonyl (C=O) groups excluding carboxylic acids is 2. The number of carbonyl (C=O) groups is 2. The third kappa shape index (κ3) is 6.00. The first-order chi connectivity index (χ1) is 11.0. The smallest absolute Gasteiger partial charge is 0.248 e. The van der Waals surface area contributed by atoms with Crippen molar-refractivity contribution in [2.24, 2.45) is 5.73 Å². The Kier molecular flexibility index (Phi) is 6.55. The van der Waals surface area contributed by atoms with E-state index in [1.807, 2.05) is 11.9 Å². The molecule has 23 heavy (non-hydrogen) atoms. The first-order valence-electron chi connectivity index (χ1n) is 8.04. The van der Waals surface area contributed by atoms with Crippen molar-refractivity contribution in [2.45, 2.75) is 31.8 Å². The van der Waals surface area contributed by atoms with E-state index in [-0.39, 0.29) is 5.91 Å². The number of likely N-dealkylation sites (N-methyl/N-ethyl adjacent to an activating group) is 1. The Bertz CT molecular complexity index is 524. The van der Waals surface area contributed by atoms with E-state index in [4.69, 9.17) is 10.5 Å². The highest BCUT2D eigenvalue weighted by Crippen LogP contribution is 2.15. The Labute approximate surface area is 137 Å². The van der Waals surface area contributed by atoms with E-state index in [1.54, 1.807) is 24.3 Å². The number of hydrogen-bond donors (Lipinski definition) is 2.